The lowest BCUT2D eigenvalue weighted by Crippen LogP contribution is -2.42. The first-order chi connectivity index (χ1) is 16.6. The van der Waals surface area contributed by atoms with E-state index in [0.29, 0.717) is 6.42 Å². The molecule has 0 saturated carbocycles. The quantitative estimate of drug-likeness (QED) is 0.375. The lowest BCUT2D eigenvalue weighted by atomic mass is 9.99. The molecular weight excluding hydrogens is 428 g/mol. The number of urea groups is 1. The Morgan fingerprint density at radius 2 is 1.50 bits per heavy atom. The minimum atomic E-state index is -0.710. The molecule has 170 valence electrons. The summed E-state index contributed by atoms with van der Waals surface area (Å²) in [6.45, 7) is -0.342. The van der Waals surface area contributed by atoms with Crippen molar-refractivity contribution in [3.8, 4) is 0 Å². The molecule has 0 spiro atoms. The first-order valence-corrected chi connectivity index (χ1v) is 11.2. The molecule has 0 radical (unpaired) electrons. The third-order valence-electron chi connectivity index (χ3n) is 6.08. The number of hydrogen-bond acceptors (Lipinski definition) is 3. The summed E-state index contributed by atoms with van der Waals surface area (Å²) < 4.78 is 0. The Hall–Kier alpha value is -4.39. The number of carbonyl (C=O) groups is 3. The molecule has 2 heterocycles. The van der Waals surface area contributed by atoms with Gasteiger partial charge in [-0.05, 0) is 22.8 Å². The average Bonchev–Trinajstić information content (AvgIpc) is 3.39. The molecule has 1 aromatic heterocycles. The van der Waals surface area contributed by atoms with Crippen LogP contribution in [0.5, 0.6) is 0 Å². The summed E-state index contributed by atoms with van der Waals surface area (Å²) in [5, 5.41) is 6.72. The Balaban J connectivity index is 1.29. The van der Waals surface area contributed by atoms with Crippen LogP contribution in [0.4, 0.5) is 4.79 Å². The summed E-state index contributed by atoms with van der Waals surface area (Å²) >= 11 is 0. The van der Waals surface area contributed by atoms with Crippen molar-refractivity contribution in [1.29, 1.82) is 0 Å². The zero-order chi connectivity index (χ0) is 23.5. The van der Waals surface area contributed by atoms with Gasteiger partial charge in [0, 0.05) is 23.5 Å². The van der Waals surface area contributed by atoms with Crippen LogP contribution in [0.2, 0.25) is 0 Å². The Labute approximate surface area is 196 Å². The van der Waals surface area contributed by atoms with E-state index in [4.69, 9.17) is 0 Å². The molecule has 7 heteroatoms. The topological polar surface area (TPSA) is 94.3 Å². The number of carbonyl (C=O) groups excluding carboxylic acids is 3. The third-order valence-corrected chi connectivity index (χ3v) is 6.08. The van der Waals surface area contributed by atoms with Crippen LogP contribution in [0.15, 0.2) is 91.1 Å². The minimum Gasteiger partial charge on any atom is -0.361 e. The molecule has 1 fully saturated rings. The third kappa shape index (κ3) is 4.28. The van der Waals surface area contributed by atoms with Crippen molar-refractivity contribution in [1.82, 2.24) is 20.5 Å². The molecule has 34 heavy (non-hydrogen) atoms. The first-order valence-electron chi connectivity index (χ1n) is 11.2. The second kappa shape index (κ2) is 9.23. The van der Waals surface area contributed by atoms with Crippen LogP contribution in [-0.4, -0.2) is 40.3 Å². The number of amides is 4. The fourth-order valence-corrected chi connectivity index (χ4v) is 4.39. The van der Waals surface area contributed by atoms with E-state index in [9.17, 15) is 14.4 Å². The SMILES string of the molecule is O=C(CN1C(=O)N[C@@H](Cc2c[nH]c3ccccc23)C1=O)NC(c1ccccc1)c1ccccc1. The Morgan fingerprint density at radius 3 is 2.18 bits per heavy atom. The molecule has 4 aromatic rings. The number of aromatic amines is 1. The van der Waals surface area contributed by atoms with Gasteiger partial charge in [-0.1, -0.05) is 78.9 Å². The first kappa shape index (κ1) is 21.5. The highest BCUT2D eigenvalue weighted by molar-refractivity contribution is 6.06. The van der Waals surface area contributed by atoms with Crippen molar-refractivity contribution in [2.24, 2.45) is 0 Å². The number of hydrogen-bond donors (Lipinski definition) is 3. The van der Waals surface area contributed by atoms with E-state index in [1.165, 1.54) is 0 Å². The predicted molar refractivity (Wildman–Crippen MR) is 129 cm³/mol. The summed E-state index contributed by atoms with van der Waals surface area (Å²) in [5.41, 5.74) is 3.74. The van der Waals surface area contributed by atoms with Gasteiger partial charge in [-0.3, -0.25) is 14.5 Å². The maximum atomic E-state index is 13.0. The fraction of sp³-hybridized carbons (Fsp3) is 0.148. The Kier molecular flexibility index (Phi) is 5.82. The maximum Gasteiger partial charge on any atom is 0.325 e. The highest BCUT2D eigenvalue weighted by Gasteiger charge is 2.39. The molecule has 7 nitrogen and oxygen atoms in total. The van der Waals surface area contributed by atoms with Crippen LogP contribution < -0.4 is 10.6 Å². The highest BCUT2D eigenvalue weighted by Crippen LogP contribution is 2.23. The summed E-state index contributed by atoms with van der Waals surface area (Å²) in [5.74, 6) is -0.810. The molecule has 1 saturated heterocycles. The molecule has 0 bridgehead atoms. The van der Waals surface area contributed by atoms with Crippen LogP contribution in [0.25, 0.3) is 10.9 Å². The van der Waals surface area contributed by atoms with Crippen molar-refractivity contribution < 1.29 is 14.4 Å². The predicted octanol–water partition coefficient (Wildman–Crippen LogP) is 3.54. The number of nitrogens with one attached hydrogen (secondary N) is 3. The number of aromatic nitrogens is 1. The minimum absolute atomic E-state index is 0.342. The van der Waals surface area contributed by atoms with Gasteiger partial charge in [0.25, 0.3) is 5.91 Å². The average molecular weight is 453 g/mol. The number of fused-ring (bicyclic) bond motifs is 1. The van der Waals surface area contributed by atoms with E-state index in [1.54, 1.807) is 0 Å². The van der Waals surface area contributed by atoms with Crippen LogP contribution in [0, 0.1) is 0 Å². The van der Waals surface area contributed by atoms with Crippen molar-refractivity contribution in [3.05, 3.63) is 108 Å². The van der Waals surface area contributed by atoms with Gasteiger partial charge >= 0.3 is 6.03 Å². The number of para-hydroxylation sites is 1. The summed E-state index contributed by atoms with van der Waals surface area (Å²) in [6, 6.07) is 25.3. The second-order valence-corrected chi connectivity index (χ2v) is 8.31. The molecule has 5 rings (SSSR count). The van der Waals surface area contributed by atoms with E-state index in [-0.39, 0.29) is 6.54 Å². The van der Waals surface area contributed by atoms with E-state index in [1.807, 2.05) is 91.1 Å². The largest absolute Gasteiger partial charge is 0.361 e. The van der Waals surface area contributed by atoms with Crippen LogP contribution in [0.3, 0.4) is 0 Å². The van der Waals surface area contributed by atoms with Crippen LogP contribution in [-0.2, 0) is 16.0 Å². The summed E-state index contributed by atoms with van der Waals surface area (Å²) in [7, 11) is 0. The van der Waals surface area contributed by atoms with Crippen molar-refractivity contribution in [2.45, 2.75) is 18.5 Å². The maximum absolute atomic E-state index is 13.0. The lowest BCUT2D eigenvalue weighted by molar-refractivity contribution is -0.132. The lowest BCUT2D eigenvalue weighted by Gasteiger charge is -2.21. The fourth-order valence-electron chi connectivity index (χ4n) is 4.39. The van der Waals surface area contributed by atoms with E-state index >= 15 is 0 Å². The Bertz CT molecular complexity index is 1290. The molecule has 0 unspecified atom stereocenters. The van der Waals surface area contributed by atoms with E-state index in [2.05, 4.69) is 15.6 Å². The molecule has 1 atom stereocenters. The zero-order valence-corrected chi connectivity index (χ0v) is 18.4. The van der Waals surface area contributed by atoms with Gasteiger partial charge in [0.15, 0.2) is 0 Å². The van der Waals surface area contributed by atoms with Gasteiger partial charge in [-0.25, -0.2) is 4.79 Å². The highest BCUT2D eigenvalue weighted by atomic mass is 16.2. The van der Waals surface area contributed by atoms with Crippen molar-refractivity contribution in [2.75, 3.05) is 6.54 Å². The monoisotopic (exact) mass is 452 g/mol. The van der Waals surface area contributed by atoms with E-state index in [0.717, 1.165) is 32.5 Å². The molecule has 0 aliphatic carbocycles. The second-order valence-electron chi connectivity index (χ2n) is 8.31. The van der Waals surface area contributed by atoms with Gasteiger partial charge in [-0.2, -0.15) is 0 Å². The van der Waals surface area contributed by atoms with Gasteiger partial charge < -0.3 is 15.6 Å². The van der Waals surface area contributed by atoms with Crippen LogP contribution >= 0.6 is 0 Å². The number of H-pyrrole nitrogens is 1. The molecule has 1 aliphatic rings. The number of imide groups is 1. The van der Waals surface area contributed by atoms with Gasteiger partial charge in [0.2, 0.25) is 5.91 Å². The van der Waals surface area contributed by atoms with Crippen LogP contribution in [0.1, 0.15) is 22.7 Å². The number of benzene rings is 3. The number of nitrogens with zero attached hydrogens (tertiary/aromatic N) is 1. The molecule has 1 aliphatic heterocycles. The normalized spacial score (nSPS) is 15.7. The van der Waals surface area contributed by atoms with Gasteiger partial charge in [0.1, 0.15) is 12.6 Å². The van der Waals surface area contributed by atoms with Crippen molar-refractivity contribution >= 4 is 28.7 Å². The standard InChI is InChI=1S/C27H24N4O3/c32-24(30-25(18-9-3-1-4-10-18)19-11-5-2-6-12-19)17-31-26(33)23(29-27(31)34)15-20-16-28-22-14-8-7-13-21(20)22/h1-14,16,23,25,28H,15,17H2,(H,29,34)(H,30,32)/t23-/m0/s1. The molecule has 3 aromatic carbocycles. The summed E-state index contributed by atoms with van der Waals surface area (Å²) in [4.78, 5) is 42.7. The smallest absolute Gasteiger partial charge is 0.325 e. The zero-order valence-electron chi connectivity index (χ0n) is 18.4. The van der Waals surface area contributed by atoms with Gasteiger partial charge in [0.05, 0.1) is 6.04 Å². The Morgan fingerprint density at radius 1 is 0.882 bits per heavy atom. The summed E-state index contributed by atoms with van der Waals surface area (Å²) in [6.07, 6.45) is 2.20. The number of rotatable bonds is 7. The molecule has 4 amide bonds. The van der Waals surface area contributed by atoms with Crippen molar-refractivity contribution in [3.63, 3.8) is 0 Å². The van der Waals surface area contributed by atoms with Gasteiger partial charge in [-0.15, -0.1) is 0 Å². The molecule has 3 N–H and O–H groups in total. The molecular formula is C27H24N4O3. The van der Waals surface area contributed by atoms with E-state index < -0.39 is 29.9 Å².